The van der Waals surface area contributed by atoms with E-state index >= 15 is 0 Å². The van der Waals surface area contributed by atoms with Gasteiger partial charge in [-0.2, -0.15) is 0 Å². The summed E-state index contributed by atoms with van der Waals surface area (Å²) in [6.45, 7) is 2.53. The molecule has 0 aliphatic rings. The Balaban J connectivity index is 1.69. The molecule has 3 rings (SSSR count). The zero-order chi connectivity index (χ0) is 17.6. The quantitative estimate of drug-likeness (QED) is 0.660. The van der Waals surface area contributed by atoms with Crippen LogP contribution in [0, 0.1) is 5.82 Å². The Hall–Kier alpha value is -3.28. The van der Waals surface area contributed by atoms with Gasteiger partial charge >= 0.3 is 5.97 Å². The predicted molar refractivity (Wildman–Crippen MR) is 90.0 cm³/mol. The predicted octanol–water partition coefficient (Wildman–Crippen LogP) is 3.90. The summed E-state index contributed by atoms with van der Waals surface area (Å²) < 4.78 is 23.4. The fraction of sp³-hybridized carbons (Fsp3) is 0.105. The zero-order valence-corrected chi connectivity index (χ0v) is 13.5. The molecule has 0 amide bonds. The second-order valence-corrected chi connectivity index (χ2v) is 5.11. The molecule has 0 unspecified atom stereocenters. The largest absolute Gasteiger partial charge is 0.494 e. The molecule has 0 radical (unpaired) electrons. The number of esters is 1. The van der Waals surface area contributed by atoms with Gasteiger partial charge in [-0.05, 0) is 61.5 Å². The molecule has 0 saturated carbocycles. The lowest BCUT2D eigenvalue weighted by Gasteiger charge is -2.06. The highest BCUT2D eigenvalue weighted by Crippen LogP contribution is 2.21. The first-order chi connectivity index (χ1) is 12.2. The third-order valence-corrected chi connectivity index (χ3v) is 3.38. The van der Waals surface area contributed by atoms with E-state index in [1.807, 2.05) is 31.2 Å². The zero-order valence-electron chi connectivity index (χ0n) is 13.5. The Labute approximate surface area is 144 Å². The lowest BCUT2D eigenvalue weighted by molar-refractivity contribution is 0.0726. The molecule has 2 aromatic carbocycles. The van der Waals surface area contributed by atoms with Crippen LogP contribution in [0.25, 0.3) is 11.3 Å². The lowest BCUT2D eigenvalue weighted by atomic mass is 10.1. The number of hydrogen-bond donors (Lipinski definition) is 0. The highest BCUT2D eigenvalue weighted by Gasteiger charge is 2.10. The van der Waals surface area contributed by atoms with E-state index in [4.69, 9.17) is 9.47 Å². The van der Waals surface area contributed by atoms with Gasteiger partial charge in [0.1, 0.15) is 11.6 Å². The Morgan fingerprint density at radius 1 is 0.960 bits per heavy atom. The molecule has 0 fully saturated rings. The van der Waals surface area contributed by atoms with E-state index in [1.165, 1.54) is 24.3 Å². The maximum Gasteiger partial charge on any atom is 0.344 e. The molecule has 0 aliphatic carbocycles. The molecular formula is C19H15FN2O3. The Bertz CT molecular complexity index is 847. The monoisotopic (exact) mass is 338 g/mol. The van der Waals surface area contributed by atoms with E-state index in [1.54, 1.807) is 12.1 Å². The van der Waals surface area contributed by atoms with Crippen molar-refractivity contribution in [1.29, 1.82) is 0 Å². The van der Waals surface area contributed by atoms with E-state index < -0.39 is 11.8 Å². The van der Waals surface area contributed by atoms with Gasteiger partial charge in [0.2, 0.25) is 5.88 Å². The van der Waals surface area contributed by atoms with Gasteiger partial charge in [-0.15, -0.1) is 10.2 Å². The fourth-order valence-electron chi connectivity index (χ4n) is 2.16. The van der Waals surface area contributed by atoms with Crippen LogP contribution in [0.5, 0.6) is 11.6 Å². The second-order valence-electron chi connectivity index (χ2n) is 5.11. The van der Waals surface area contributed by atoms with Gasteiger partial charge < -0.3 is 9.47 Å². The number of aromatic nitrogens is 2. The normalized spacial score (nSPS) is 10.3. The van der Waals surface area contributed by atoms with Gasteiger partial charge in [0, 0.05) is 11.6 Å². The number of benzene rings is 2. The van der Waals surface area contributed by atoms with Crippen molar-refractivity contribution in [2.24, 2.45) is 0 Å². The Morgan fingerprint density at radius 2 is 1.68 bits per heavy atom. The summed E-state index contributed by atoms with van der Waals surface area (Å²) in [4.78, 5) is 12.0. The summed E-state index contributed by atoms with van der Waals surface area (Å²) in [6.07, 6.45) is 0. The molecule has 6 heteroatoms. The average Bonchev–Trinajstić information content (AvgIpc) is 2.64. The van der Waals surface area contributed by atoms with Gasteiger partial charge in [0.25, 0.3) is 0 Å². The van der Waals surface area contributed by atoms with Crippen molar-refractivity contribution >= 4 is 5.97 Å². The number of rotatable bonds is 5. The maximum atomic E-state index is 12.9. The number of ether oxygens (including phenoxy) is 2. The molecule has 3 aromatic rings. The van der Waals surface area contributed by atoms with Crippen molar-refractivity contribution in [2.45, 2.75) is 6.92 Å². The maximum absolute atomic E-state index is 12.9. The van der Waals surface area contributed by atoms with Crippen LogP contribution in [-0.2, 0) is 0 Å². The average molecular weight is 338 g/mol. The summed E-state index contributed by atoms with van der Waals surface area (Å²) in [5, 5.41) is 7.96. The third-order valence-electron chi connectivity index (χ3n) is 3.38. The molecule has 0 saturated heterocycles. The van der Waals surface area contributed by atoms with Crippen molar-refractivity contribution in [3.05, 3.63) is 72.0 Å². The van der Waals surface area contributed by atoms with Gasteiger partial charge in [0.05, 0.1) is 17.9 Å². The molecule has 5 nitrogen and oxygen atoms in total. The summed E-state index contributed by atoms with van der Waals surface area (Å²) in [6, 6.07) is 15.8. The molecule has 0 bridgehead atoms. The van der Waals surface area contributed by atoms with Crippen LogP contribution in [0.3, 0.4) is 0 Å². The minimum atomic E-state index is -0.622. The highest BCUT2D eigenvalue weighted by molar-refractivity contribution is 5.90. The standard InChI is InChI=1S/C19H15FN2O3/c1-2-24-16-9-5-13(6-10-16)17-11-12-18(22-21-17)25-19(23)14-3-7-15(20)8-4-14/h3-12H,2H2,1H3. The molecule has 1 aromatic heterocycles. The van der Waals surface area contributed by atoms with E-state index in [2.05, 4.69) is 10.2 Å². The van der Waals surface area contributed by atoms with Crippen LogP contribution in [0.15, 0.2) is 60.7 Å². The number of nitrogens with zero attached hydrogens (tertiary/aromatic N) is 2. The summed E-state index contributed by atoms with van der Waals surface area (Å²) in [5.41, 5.74) is 1.75. The van der Waals surface area contributed by atoms with Crippen molar-refractivity contribution in [3.63, 3.8) is 0 Å². The molecule has 0 spiro atoms. The smallest absolute Gasteiger partial charge is 0.344 e. The lowest BCUT2D eigenvalue weighted by Crippen LogP contribution is -2.09. The minimum absolute atomic E-state index is 0.0732. The fourth-order valence-corrected chi connectivity index (χ4v) is 2.16. The molecule has 1 heterocycles. The van der Waals surface area contributed by atoms with Crippen LogP contribution in [-0.4, -0.2) is 22.8 Å². The Morgan fingerprint density at radius 3 is 2.28 bits per heavy atom. The molecule has 0 N–H and O–H groups in total. The van der Waals surface area contributed by atoms with E-state index in [-0.39, 0.29) is 11.4 Å². The van der Waals surface area contributed by atoms with Gasteiger partial charge in [0.15, 0.2) is 0 Å². The van der Waals surface area contributed by atoms with Gasteiger partial charge in [-0.25, -0.2) is 9.18 Å². The van der Waals surface area contributed by atoms with Crippen LogP contribution in [0.1, 0.15) is 17.3 Å². The summed E-state index contributed by atoms with van der Waals surface area (Å²) in [5.74, 6) is -0.188. The molecule has 126 valence electrons. The van der Waals surface area contributed by atoms with Crippen LogP contribution in [0.2, 0.25) is 0 Å². The van der Waals surface area contributed by atoms with Crippen molar-refractivity contribution < 1.29 is 18.7 Å². The van der Waals surface area contributed by atoms with Crippen LogP contribution >= 0.6 is 0 Å². The molecule has 0 atom stereocenters. The molecular weight excluding hydrogens is 323 g/mol. The number of hydrogen-bond acceptors (Lipinski definition) is 5. The van der Waals surface area contributed by atoms with Crippen LogP contribution < -0.4 is 9.47 Å². The second kappa shape index (κ2) is 7.53. The SMILES string of the molecule is CCOc1ccc(-c2ccc(OC(=O)c3ccc(F)cc3)nn2)cc1. The first-order valence-electron chi connectivity index (χ1n) is 7.70. The minimum Gasteiger partial charge on any atom is -0.494 e. The van der Waals surface area contributed by atoms with E-state index in [0.29, 0.717) is 12.3 Å². The topological polar surface area (TPSA) is 61.3 Å². The van der Waals surface area contributed by atoms with Crippen LogP contribution in [0.4, 0.5) is 4.39 Å². The number of halogens is 1. The van der Waals surface area contributed by atoms with Gasteiger partial charge in [-0.3, -0.25) is 0 Å². The first-order valence-corrected chi connectivity index (χ1v) is 7.70. The summed E-state index contributed by atoms with van der Waals surface area (Å²) in [7, 11) is 0. The van der Waals surface area contributed by atoms with Gasteiger partial charge in [-0.1, -0.05) is 0 Å². The van der Waals surface area contributed by atoms with Crippen molar-refractivity contribution in [3.8, 4) is 22.9 Å². The molecule has 25 heavy (non-hydrogen) atoms. The highest BCUT2D eigenvalue weighted by atomic mass is 19.1. The third kappa shape index (κ3) is 4.17. The number of carbonyl (C=O) groups is 1. The van der Waals surface area contributed by atoms with E-state index in [0.717, 1.165) is 11.3 Å². The summed E-state index contributed by atoms with van der Waals surface area (Å²) >= 11 is 0. The van der Waals surface area contributed by atoms with Crippen molar-refractivity contribution in [2.75, 3.05) is 6.61 Å². The Kier molecular flexibility index (Phi) is 4.99. The number of carbonyl (C=O) groups excluding carboxylic acids is 1. The van der Waals surface area contributed by atoms with E-state index in [9.17, 15) is 9.18 Å². The van der Waals surface area contributed by atoms with Crippen molar-refractivity contribution in [1.82, 2.24) is 10.2 Å². The first kappa shape index (κ1) is 16.6. The molecule has 0 aliphatic heterocycles.